The number of nitrogens with zero attached hydrogens (tertiary/aromatic N) is 3. The normalized spacial score (nSPS) is 19.3. The van der Waals surface area contributed by atoms with E-state index in [-0.39, 0.29) is 24.3 Å². The van der Waals surface area contributed by atoms with Gasteiger partial charge >= 0.3 is 0 Å². The minimum absolute atomic E-state index is 0.0191. The second-order valence-electron chi connectivity index (χ2n) is 7.32. The molecule has 1 aromatic carbocycles. The quantitative estimate of drug-likeness (QED) is 0.732. The number of carbonyl (C=O) groups is 2. The molecule has 3 rings (SSSR count). The van der Waals surface area contributed by atoms with E-state index in [9.17, 15) is 9.59 Å². The maximum absolute atomic E-state index is 13.3. The molecule has 1 aliphatic rings. The number of aryl methyl sites for hydroxylation is 2. The van der Waals surface area contributed by atoms with Gasteiger partial charge in [0, 0.05) is 33.2 Å². The Bertz CT molecular complexity index is 848. The first-order chi connectivity index (χ1) is 13.4. The highest BCUT2D eigenvalue weighted by Gasteiger charge is 2.45. The van der Waals surface area contributed by atoms with E-state index < -0.39 is 5.92 Å². The van der Waals surface area contributed by atoms with Crippen LogP contribution in [0, 0.1) is 19.8 Å². The molecule has 0 saturated carbocycles. The minimum atomic E-state index is -0.441. The van der Waals surface area contributed by atoms with Gasteiger partial charge in [0.15, 0.2) is 0 Å². The van der Waals surface area contributed by atoms with Crippen LogP contribution in [-0.2, 0) is 20.9 Å². The number of likely N-dealkylation sites (tertiary alicyclic amines) is 1. The van der Waals surface area contributed by atoms with Gasteiger partial charge in [0.25, 0.3) is 0 Å². The third-order valence-corrected chi connectivity index (χ3v) is 5.24. The Balaban J connectivity index is 1.87. The van der Waals surface area contributed by atoms with Crippen LogP contribution in [0.3, 0.4) is 0 Å². The van der Waals surface area contributed by atoms with Crippen molar-refractivity contribution in [3.8, 4) is 0 Å². The lowest BCUT2D eigenvalue weighted by Crippen LogP contribution is -2.38. The van der Waals surface area contributed by atoms with Crippen LogP contribution in [0.1, 0.15) is 35.0 Å². The van der Waals surface area contributed by atoms with E-state index in [1.54, 1.807) is 24.0 Å². The second kappa shape index (κ2) is 8.56. The number of ether oxygens (including phenoxy) is 1. The Morgan fingerprint density at radius 2 is 2.11 bits per heavy atom. The van der Waals surface area contributed by atoms with Gasteiger partial charge in [-0.05, 0) is 25.0 Å². The molecule has 1 saturated heterocycles. The van der Waals surface area contributed by atoms with Crippen LogP contribution in [0.4, 0.5) is 0 Å². The molecule has 0 aliphatic carbocycles. The summed E-state index contributed by atoms with van der Waals surface area (Å²) in [6.45, 7) is 5.07. The molecule has 0 N–H and O–H groups in total. The summed E-state index contributed by atoms with van der Waals surface area (Å²) >= 11 is 0. The van der Waals surface area contributed by atoms with Crippen LogP contribution in [0.15, 0.2) is 34.9 Å². The van der Waals surface area contributed by atoms with Crippen molar-refractivity contribution in [3.63, 3.8) is 0 Å². The van der Waals surface area contributed by atoms with Crippen molar-refractivity contribution in [3.05, 3.63) is 52.9 Å². The van der Waals surface area contributed by atoms with Gasteiger partial charge in [-0.1, -0.05) is 29.4 Å². The molecule has 150 valence electrons. The predicted octanol–water partition coefficient (Wildman–Crippen LogP) is 2.49. The minimum Gasteiger partial charge on any atom is -0.383 e. The Kier molecular flexibility index (Phi) is 6.14. The maximum atomic E-state index is 13.3. The molecule has 0 bridgehead atoms. The van der Waals surface area contributed by atoms with Gasteiger partial charge in [-0.25, -0.2) is 0 Å². The smallest absolute Gasteiger partial charge is 0.228 e. The number of benzene rings is 1. The number of hydrogen-bond donors (Lipinski definition) is 0. The van der Waals surface area contributed by atoms with E-state index in [1.165, 1.54) is 0 Å². The van der Waals surface area contributed by atoms with E-state index in [0.717, 1.165) is 11.1 Å². The highest BCUT2D eigenvalue weighted by molar-refractivity contribution is 5.90. The van der Waals surface area contributed by atoms with E-state index >= 15 is 0 Å². The molecule has 1 aromatic heterocycles. The molecule has 7 heteroatoms. The number of rotatable bonds is 7. The number of aromatic nitrogens is 1. The lowest BCUT2D eigenvalue weighted by Gasteiger charge is -2.31. The van der Waals surface area contributed by atoms with Gasteiger partial charge in [0.1, 0.15) is 11.5 Å². The van der Waals surface area contributed by atoms with Gasteiger partial charge < -0.3 is 19.1 Å². The van der Waals surface area contributed by atoms with Crippen LogP contribution in [0.2, 0.25) is 0 Å². The summed E-state index contributed by atoms with van der Waals surface area (Å²) < 4.78 is 10.3. The molecule has 2 amide bonds. The fourth-order valence-electron chi connectivity index (χ4n) is 3.86. The van der Waals surface area contributed by atoms with Crippen molar-refractivity contribution >= 4 is 11.8 Å². The first-order valence-corrected chi connectivity index (χ1v) is 9.43. The Morgan fingerprint density at radius 3 is 2.75 bits per heavy atom. The summed E-state index contributed by atoms with van der Waals surface area (Å²) in [5.74, 6) is 0.176. The number of amides is 2. The molecule has 0 spiro atoms. The van der Waals surface area contributed by atoms with E-state index in [1.807, 2.05) is 44.2 Å². The van der Waals surface area contributed by atoms with Gasteiger partial charge in [0.05, 0.1) is 25.1 Å². The molecule has 2 heterocycles. The maximum Gasteiger partial charge on any atom is 0.228 e. The molecule has 28 heavy (non-hydrogen) atoms. The Labute approximate surface area is 165 Å². The summed E-state index contributed by atoms with van der Waals surface area (Å²) in [7, 11) is 3.35. The highest BCUT2D eigenvalue weighted by atomic mass is 16.5. The topological polar surface area (TPSA) is 75.9 Å². The van der Waals surface area contributed by atoms with Crippen LogP contribution in [0.5, 0.6) is 0 Å². The summed E-state index contributed by atoms with van der Waals surface area (Å²) in [6.07, 6.45) is 0.198. The molecule has 0 unspecified atom stereocenters. The zero-order valence-electron chi connectivity index (χ0n) is 16.8. The SMILES string of the molecule is COCCN1C(=O)C[C@@H](C(=O)N(C)Cc2cc(C)on2)[C@@H]1c1ccccc1C. The molecular formula is C21H27N3O4. The van der Waals surface area contributed by atoms with Crippen molar-refractivity contribution in [2.45, 2.75) is 32.9 Å². The van der Waals surface area contributed by atoms with Crippen molar-refractivity contribution in [1.29, 1.82) is 0 Å². The Morgan fingerprint density at radius 1 is 1.36 bits per heavy atom. The summed E-state index contributed by atoms with van der Waals surface area (Å²) in [6, 6.07) is 9.44. The van der Waals surface area contributed by atoms with Gasteiger partial charge in [-0.2, -0.15) is 0 Å². The highest BCUT2D eigenvalue weighted by Crippen LogP contribution is 2.40. The fraction of sp³-hybridized carbons (Fsp3) is 0.476. The van der Waals surface area contributed by atoms with E-state index in [0.29, 0.717) is 31.2 Å². The lowest BCUT2D eigenvalue weighted by molar-refractivity contribution is -0.135. The van der Waals surface area contributed by atoms with E-state index in [4.69, 9.17) is 9.26 Å². The second-order valence-corrected chi connectivity index (χ2v) is 7.32. The first-order valence-electron chi connectivity index (χ1n) is 9.43. The van der Waals surface area contributed by atoms with Gasteiger partial charge in [-0.3, -0.25) is 9.59 Å². The largest absolute Gasteiger partial charge is 0.383 e. The third-order valence-electron chi connectivity index (χ3n) is 5.24. The lowest BCUT2D eigenvalue weighted by atomic mass is 9.89. The number of carbonyl (C=O) groups excluding carboxylic acids is 2. The molecule has 1 fully saturated rings. The van der Waals surface area contributed by atoms with Crippen LogP contribution in [0.25, 0.3) is 0 Å². The van der Waals surface area contributed by atoms with Crippen LogP contribution < -0.4 is 0 Å². The molecule has 2 aromatic rings. The third kappa shape index (κ3) is 4.09. The predicted molar refractivity (Wildman–Crippen MR) is 103 cm³/mol. The Hall–Kier alpha value is -2.67. The number of hydrogen-bond acceptors (Lipinski definition) is 5. The summed E-state index contributed by atoms with van der Waals surface area (Å²) in [5.41, 5.74) is 2.77. The zero-order chi connectivity index (χ0) is 20.3. The van der Waals surface area contributed by atoms with E-state index in [2.05, 4.69) is 5.16 Å². The fourth-order valence-corrected chi connectivity index (χ4v) is 3.86. The van der Waals surface area contributed by atoms with Crippen LogP contribution in [-0.4, -0.2) is 54.1 Å². The molecule has 2 atom stereocenters. The van der Waals surface area contributed by atoms with Crippen LogP contribution >= 0.6 is 0 Å². The molecular weight excluding hydrogens is 358 g/mol. The van der Waals surface area contributed by atoms with Crippen molar-refractivity contribution in [2.75, 3.05) is 27.3 Å². The standard InChI is InChI=1S/C21H27N3O4/c1-14-7-5-6-8-17(14)20-18(12-19(25)24(20)9-10-27-4)21(26)23(3)13-16-11-15(2)28-22-16/h5-8,11,18,20H,9-10,12-13H2,1-4H3/t18-,20+/m1/s1. The zero-order valence-corrected chi connectivity index (χ0v) is 16.8. The van der Waals surface area contributed by atoms with Crippen molar-refractivity contribution in [2.24, 2.45) is 5.92 Å². The average molecular weight is 385 g/mol. The summed E-state index contributed by atoms with van der Waals surface area (Å²) in [4.78, 5) is 29.4. The summed E-state index contributed by atoms with van der Waals surface area (Å²) in [5, 5.41) is 3.96. The average Bonchev–Trinajstić information content (AvgIpc) is 3.22. The number of methoxy groups -OCH3 is 1. The first kappa shape index (κ1) is 20.1. The van der Waals surface area contributed by atoms with Crippen molar-refractivity contribution in [1.82, 2.24) is 15.0 Å². The molecule has 1 aliphatic heterocycles. The van der Waals surface area contributed by atoms with Gasteiger partial charge in [-0.15, -0.1) is 0 Å². The molecule has 0 radical (unpaired) electrons. The van der Waals surface area contributed by atoms with Crippen molar-refractivity contribution < 1.29 is 18.8 Å². The molecule has 7 nitrogen and oxygen atoms in total. The van der Waals surface area contributed by atoms with Gasteiger partial charge in [0.2, 0.25) is 11.8 Å². The monoisotopic (exact) mass is 385 g/mol.